The molecule has 1 aliphatic heterocycles. The molecule has 210 valence electrons. The molecule has 1 fully saturated rings. The topological polar surface area (TPSA) is 92.6 Å². The van der Waals surface area contributed by atoms with Crippen LogP contribution in [0, 0.1) is 0 Å². The molecule has 1 aliphatic rings. The lowest BCUT2D eigenvalue weighted by atomic mass is 9.94. The van der Waals surface area contributed by atoms with Gasteiger partial charge in [-0.05, 0) is 66.4 Å². The zero-order chi connectivity index (χ0) is 29.1. The lowest BCUT2D eigenvalue weighted by Gasteiger charge is -2.22. The van der Waals surface area contributed by atoms with E-state index < -0.39 is 17.7 Å². The lowest BCUT2D eigenvalue weighted by Crippen LogP contribution is -2.29. The summed E-state index contributed by atoms with van der Waals surface area (Å²) in [6.07, 6.45) is 0.835. The second kappa shape index (κ2) is 12.7. The minimum atomic E-state index is -0.885. The highest BCUT2D eigenvalue weighted by molar-refractivity contribution is 8.00. The first kappa shape index (κ1) is 29.1. The molecule has 1 saturated heterocycles. The molecule has 0 radical (unpaired) electrons. The molecule has 1 N–H and O–H groups in total. The zero-order valence-electron chi connectivity index (χ0n) is 22.1. The molecule has 5 rings (SSSR count). The summed E-state index contributed by atoms with van der Waals surface area (Å²) in [6, 6.07) is 18.8. The number of aryl methyl sites for hydroxylation is 1. The van der Waals surface area contributed by atoms with Gasteiger partial charge in [-0.3, -0.25) is 14.5 Å². The average molecular weight is 627 g/mol. The van der Waals surface area contributed by atoms with Gasteiger partial charge < -0.3 is 9.84 Å². The van der Waals surface area contributed by atoms with Crippen LogP contribution >= 0.6 is 46.3 Å². The monoisotopic (exact) mass is 625 g/mol. The molecule has 7 nitrogen and oxygen atoms in total. The molecular formula is C30H25Cl2N3O4S2. The van der Waals surface area contributed by atoms with Crippen LogP contribution in [0.4, 0.5) is 5.13 Å². The summed E-state index contributed by atoms with van der Waals surface area (Å²) in [5.74, 6) is -0.693. The molecule has 1 aromatic heterocycles. The van der Waals surface area contributed by atoms with Gasteiger partial charge in [-0.15, -0.1) is 10.2 Å². The summed E-state index contributed by atoms with van der Waals surface area (Å²) in [5.41, 5.74) is 3.04. The standard InChI is InChI=1S/C30H25Cl2N3O4S2/c1-3-17-5-7-18(8-6-17)25-24(26(36)19-10-13-22(14-11-19)39-4-2)27(37)28(38)35(25)29-33-34-30(41-29)40-16-20-9-12-21(31)15-23(20)32/h5-15,25,36H,3-4,16H2,1-2H3/b26-24-. The van der Waals surface area contributed by atoms with Gasteiger partial charge in [0.1, 0.15) is 11.5 Å². The highest BCUT2D eigenvalue weighted by Gasteiger charge is 2.48. The van der Waals surface area contributed by atoms with Crippen molar-refractivity contribution in [2.24, 2.45) is 0 Å². The molecule has 0 spiro atoms. The molecule has 1 amide bonds. The lowest BCUT2D eigenvalue weighted by molar-refractivity contribution is -0.132. The van der Waals surface area contributed by atoms with Crippen LogP contribution < -0.4 is 9.64 Å². The van der Waals surface area contributed by atoms with Crippen molar-refractivity contribution in [2.75, 3.05) is 11.5 Å². The van der Waals surface area contributed by atoms with Gasteiger partial charge in [0.15, 0.2) is 4.34 Å². The number of ketones is 1. The van der Waals surface area contributed by atoms with Gasteiger partial charge in [0, 0.05) is 21.4 Å². The summed E-state index contributed by atoms with van der Waals surface area (Å²) < 4.78 is 6.09. The predicted octanol–water partition coefficient (Wildman–Crippen LogP) is 7.72. The van der Waals surface area contributed by atoms with Crippen molar-refractivity contribution in [3.63, 3.8) is 0 Å². The number of anilines is 1. The van der Waals surface area contributed by atoms with Crippen LogP contribution in [0.5, 0.6) is 5.75 Å². The second-order valence-corrected chi connectivity index (χ2v) is 12.1. The summed E-state index contributed by atoms with van der Waals surface area (Å²) in [6.45, 7) is 4.42. The second-order valence-electron chi connectivity index (χ2n) is 9.10. The van der Waals surface area contributed by atoms with Gasteiger partial charge in [0.25, 0.3) is 5.78 Å². The van der Waals surface area contributed by atoms with Crippen LogP contribution in [0.3, 0.4) is 0 Å². The highest BCUT2D eigenvalue weighted by atomic mass is 35.5. The number of Topliss-reactive ketones (excluding diaryl/α,β-unsaturated/α-hetero) is 1. The van der Waals surface area contributed by atoms with Crippen molar-refractivity contribution in [1.82, 2.24) is 10.2 Å². The number of hydrogen-bond donors (Lipinski definition) is 1. The van der Waals surface area contributed by atoms with E-state index in [1.54, 1.807) is 36.4 Å². The third-order valence-electron chi connectivity index (χ3n) is 6.56. The van der Waals surface area contributed by atoms with Crippen LogP contribution in [0.15, 0.2) is 76.6 Å². The maximum absolute atomic E-state index is 13.5. The number of benzene rings is 3. The van der Waals surface area contributed by atoms with Crippen molar-refractivity contribution in [3.05, 3.63) is 105 Å². The first-order valence-electron chi connectivity index (χ1n) is 12.8. The van der Waals surface area contributed by atoms with E-state index in [2.05, 4.69) is 10.2 Å². The van der Waals surface area contributed by atoms with E-state index in [1.165, 1.54) is 28.0 Å². The first-order chi connectivity index (χ1) is 19.8. The fraction of sp³-hybridized carbons (Fsp3) is 0.200. The number of nitrogens with zero attached hydrogens (tertiary/aromatic N) is 3. The smallest absolute Gasteiger partial charge is 0.301 e. The van der Waals surface area contributed by atoms with E-state index in [0.717, 1.165) is 17.5 Å². The van der Waals surface area contributed by atoms with Crippen LogP contribution in [-0.4, -0.2) is 33.6 Å². The number of ether oxygens (including phenoxy) is 1. The quantitative estimate of drug-likeness (QED) is 0.0669. The van der Waals surface area contributed by atoms with E-state index in [1.807, 2.05) is 44.2 Å². The summed E-state index contributed by atoms with van der Waals surface area (Å²) in [7, 11) is 0. The number of rotatable bonds is 9. The van der Waals surface area contributed by atoms with Crippen LogP contribution in [0.25, 0.3) is 5.76 Å². The summed E-state index contributed by atoms with van der Waals surface area (Å²) >= 11 is 14.9. The minimum Gasteiger partial charge on any atom is -0.507 e. The molecular weight excluding hydrogens is 601 g/mol. The Labute approximate surface area is 255 Å². The van der Waals surface area contributed by atoms with Gasteiger partial charge in [0.2, 0.25) is 5.13 Å². The zero-order valence-corrected chi connectivity index (χ0v) is 25.3. The number of aliphatic hydroxyl groups excluding tert-OH is 1. The van der Waals surface area contributed by atoms with E-state index in [4.69, 9.17) is 27.9 Å². The van der Waals surface area contributed by atoms with E-state index in [9.17, 15) is 14.7 Å². The maximum atomic E-state index is 13.5. The van der Waals surface area contributed by atoms with Crippen LogP contribution in [0.1, 0.15) is 42.1 Å². The van der Waals surface area contributed by atoms with Gasteiger partial charge in [-0.2, -0.15) is 0 Å². The van der Waals surface area contributed by atoms with Crippen molar-refractivity contribution >= 4 is 68.9 Å². The number of carbonyl (C=O) groups is 2. The van der Waals surface area contributed by atoms with E-state index >= 15 is 0 Å². The predicted molar refractivity (Wildman–Crippen MR) is 164 cm³/mol. The molecule has 0 saturated carbocycles. The van der Waals surface area contributed by atoms with Crippen LogP contribution in [0.2, 0.25) is 10.0 Å². The van der Waals surface area contributed by atoms with Crippen LogP contribution in [-0.2, 0) is 21.8 Å². The Morgan fingerprint density at radius 2 is 1.76 bits per heavy atom. The molecule has 0 aliphatic carbocycles. The largest absolute Gasteiger partial charge is 0.507 e. The molecule has 41 heavy (non-hydrogen) atoms. The number of hydrogen-bond acceptors (Lipinski definition) is 8. The van der Waals surface area contributed by atoms with Crippen molar-refractivity contribution in [2.45, 2.75) is 36.4 Å². The molecule has 4 aromatic rings. The van der Waals surface area contributed by atoms with Gasteiger partial charge in [0.05, 0.1) is 18.2 Å². The Bertz CT molecular complexity index is 1620. The number of carbonyl (C=O) groups excluding carboxylic acids is 2. The molecule has 11 heteroatoms. The number of amides is 1. The number of aromatic nitrogens is 2. The van der Waals surface area contributed by atoms with Gasteiger partial charge >= 0.3 is 5.91 Å². The fourth-order valence-corrected chi connectivity index (χ4v) is 6.87. The average Bonchev–Trinajstić information content (AvgIpc) is 3.54. The van der Waals surface area contributed by atoms with E-state index in [-0.39, 0.29) is 16.5 Å². The third-order valence-corrected chi connectivity index (χ3v) is 9.25. The van der Waals surface area contributed by atoms with Crippen molar-refractivity contribution in [1.29, 1.82) is 0 Å². The number of aliphatic hydroxyl groups is 1. The molecule has 1 unspecified atom stereocenters. The fourth-order valence-electron chi connectivity index (χ4n) is 4.45. The number of halogens is 2. The summed E-state index contributed by atoms with van der Waals surface area (Å²) in [4.78, 5) is 28.3. The Hall–Kier alpha value is -3.37. The molecule has 0 bridgehead atoms. The molecule has 3 aromatic carbocycles. The molecule has 1 atom stereocenters. The first-order valence-corrected chi connectivity index (χ1v) is 15.4. The highest BCUT2D eigenvalue weighted by Crippen LogP contribution is 2.44. The normalized spacial score (nSPS) is 16.4. The summed E-state index contributed by atoms with van der Waals surface area (Å²) in [5, 5.41) is 21.2. The Kier molecular flexibility index (Phi) is 8.99. The Morgan fingerprint density at radius 3 is 2.41 bits per heavy atom. The van der Waals surface area contributed by atoms with Gasteiger partial charge in [-0.25, -0.2) is 0 Å². The van der Waals surface area contributed by atoms with Gasteiger partial charge in [-0.1, -0.05) is 83.6 Å². The van der Waals surface area contributed by atoms with Crippen molar-refractivity contribution < 1.29 is 19.4 Å². The minimum absolute atomic E-state index is 0.0132. The SMILES string of the molecule is CCOc1ccc(/C(O)=C2/C(=O)C(=O)N(c3nnc(SCc4ccc(Cl)cc4Cl)s3)C2c2ccc(CC)cc2)cc1. The third kappa shape index (κ3) is 6.13. The van der Waals surface area contributed by atoms with Crippen molar-refractivity contribution in [3.8, 4) is 5.75 Å². The Balaban J connectivity index is 1.52. The maximum Gasteiger partial charge on any atom is 0.301 e. The number of thioether (sulfide) groups is 1. The van der Waals surface area contributed by atoms with E-state index in [0.29, 0.717) is 43.6 Å². The molecule has 2 heterocycles. The Morgan fingerprint density at radius 1 is 1.02 bits per heavy atom.